The van der Waals surface area contributed by atoms with Crippen LogP contribution in [0.5, 0.6) is 6.01 Å². The molecule has 1 rings (SSSR count). The molecule has 1 unspecified atom stereocenters. The van der Waals surface area contributed by atoms with Crippen LogP contribution in [-0.2, 0) is 0 Å². The Bertz CT molecular complexity index is 397. The van der Waals surface area contributed by atoms with E-state index in [2.05, 4.69) is 39.0 Å². The lowest BCUT2D eigenvalue weighted by Crippen LogP contribution is -2.30. The molecule has 0 aromatic carbocycles. The van der Waals surface area contributed by atoms with Crippen molar-refractivity contribution in [2.45, 2.75) is 52.7 Å². The van der Waals surface area contributed by atoms with Crippen LogP contribution in [0.3, 0.4) is 0 Å². The summed E-state index contributed by atoms with van der Waals surface area (Å²) in [6.45, 7) is 8.23. The summed E-state index contributed by atoms with van der Waals surface area (Å²) in [6, 6.07) is 0.740. The van der Waals surface area contributed by atoms with Gasteiger partial charge in [0.05, 0.1) is 6.10 Å². The lowest BCUT2D eigenvalue weighted by atomic mass is 10.2. The number of anilines is 2. The zero-order chi connectivity index (χ0) is 14.4. The second kappa shape index (κ2) is 7.11. The summed E-state index contributed by atoms with van der Waals surface area (Å²) in [5, 5.41) is 2.94. The molecule has 6 nitrogen and oxygen atoms in total. The standard InChI is InChI=1S/C13H25N5O/c1-7-8-10(4)18(6)12-15-11(14-5)16-13(17-12)19-9(2)3/h9-10H,7-8H2,1-6H3,(H,14,15,16,17). The maximum atomic E-state index is 5.56. The van der Waals surface area contributed by atoms with E-state index in [0.717, 1.165) is 12.8 Å². The van der Waals surface area contributed by atoms with Crippen molar-refractivity contribution in [3.63, 3.8) is 0 Å². The summed E-state index contributed by atoms with van der Waals surface area (Å²) < 4.78 is 5.56. The molecule has 0 radical (unpaired) electrons. The summed E-state index contributed by atoms with van der Waals surface area (Å²) in [5.74, 6) is 1.16. The molecule has 19 heavy (non-hydrogen) atoms. The first-order valence-corrected chi connectivity index (χ1v) is 6.81. The highest BCUT2D eigenvalue weighted by molar-refractivity contribution is 5.38. The van der Waals surface area contributed by atoms with Crippen molar-refractivity contribution in [1.29, 1.82) is 0 Å². The van der Waals surface area contributed by atoms with Gasteiger partial charge in [-0.1, -0.05) is 13.3 Å². The van der Waals surface area contributed by atoms with Crippen molar-refractivity contribution in [2.75, 3.05) is 24.3 Å². The lowest BCUT2D eigenvalue weighted by Gasteiger charge is -2.25. The van der Waals surface area contributed by atoms with Gasteiger partial charge in [-0.05, 0) is 27.2 Å². The van der Waals surface area contributed by atoms with E-state index in [4.69, 9.17) is 4.74 Å². The molecular weight excluding hydrogens is 242 g/mol. The monoisotopic (exact) mass is 267 g/mol. The van der Waals surface area contributed by atoms with Crippen LogP contribution in [0.1, 0.15) is 40.5 Å². The average molecular weight is 267 g/mol. The van der Waals surface area contributed by atoms with Gasteiger partial charge in [-0.25, -0.2) is 0 Å². The normalized spacial score (nSPS) is 12.4. The third-order valence-electron chi connectivity index (χ3n) is 2.85. The lowest BCUT2D eigenvalue weighted by molar-refractivity contribution is 0.222. The summed E-state index contributed by atoms with van der Waals surface area (Å²) in [6.07, 6.45) is 2.26. The summed E-state index contributed by atoms with van der Waals surface area (Å²) >= 11 is 0. The van der Waals surface area contributed by atoms with E-state index in [0.29, 0.717) is 23.9 Å². The quantitative estimate of drug-likeness (QED) is 0.818. The Balaban J connectivity index is 2.98. The average Bonchev–Trinajstić information content (AvgIpc) is 2.36. The fourth-order valence-corrected chi connectivity index (χ4v) is 1.69. The SMILES string of the molecule is CCCC(C)N(C)c1nc(NC)nc(OC(C)C)n1. The molecule has 1 atom stereocenters. The smallest absolute Gasteiger partial charge is 0.323 e. The van der Waals surface area contributed by atoms with Crippen molar-refractivity contribution < 1.29 is 4.74 Å². The molecule has 0 aliphatic rings. The predicted octanol–water partition coefficient (Wildman–Crippen LogP) is 2.33. The van der Waals surface area contributed by atoms with Gasteiger partial charge in [-0.15, -0.1) is 0 Å². The summed E-state index contributed by atoms with van der Waals surface area (Å²) in [5.41, 5.74) is 0. The Hall–Kier alpha value is -1.59. The fraction of sp³-hybridized carbons (Fsp3) is 0.769. The summed E-state index contributed by atoms with van der Waals surface area (Å²) in [4.78, 5) is 15.0. The van der Waals surface area contributed by atoms with E-state index in [1.165, 1.54) is 0 Å². The van der Waals surface area contributed by atoms with Gasteiger partial charge < -0.3 is 15.0 Å². The van der Waals surface area contributed by atoms with E-state index < -0.39 is 0 Å². The van der Waals surface area contributed by atoms with E-state index in [1.54, 1.807) is 7.05 Å². The van der Waals surface area contributed by atoms with Crippen LogP contribution in [0.4, 0.5) is 11.9 Å². The zero-order valence-corrected chi connectivity index (χ0v) is 12.8. The van der Waals surface area contributed by atoms with Crippen molar-refractivity contribution in [3.8, 4) is 6.01 Å². The first-order chi connectivity index (χ1) is 8.97. The molecule has 1 aromatic heterocycles. The fourth-order valence-electron chi connectivity index (χ4n) is 1.69. The van der Waals surface area contributed by atoms with E-state index in [-0.39, 0.29) is 6.10 Å². The molecule has 0 bridgehead atoms. The van der Waals surface area contributed by atoms with E-state index in [1.807, 2.05) is 20.9 Å². The van der Waals surface area contributed by atoms with Gasteiger partial charge in [0, 0.05) is 20.1 Å². The van der Waals surface area contributed by atoms with Crippen molar-refractivity contribution >= 4 is 11.9 Å². The van der Waals surface area contributed by atoms with E-state index in [9.17, 15) is 0 Å². The van der Waals surface area contributed by atoms with Crippen LogP contribution in [0, 0.1) is 0 Å². The maximum Gasteiger partial charge on any atom is 0.323 e. The number of nitrogens with zero attached hydrogens (tertiary/aromatic N) is 4. The Kier molecular flexibility index (Phi) is 5.79. The first-order valence-electron chi connectivity index (χ1n) is 6.81. The third kappa shape index (κ3) is 4.54. The molecule has 1 heterocycles. The number of nitrogens with one attached hydrogen (secondary N) is 1. The largest absolute Gasteiger partial charge is 0.461 e. The molecular formula is C13H25N5O. The van der Waals surface area contributed by atoms with Crippen LogP contribution in [0.2, 0.25) is 0 Å². The van der Waals surface area contributed by atoms with Crippen LogP contribution < -0.4 is 15.0 Å². The number of aromatic nitrogens is 3. The molecule has 0 amide bonds. The third-order valence-corrected chi connectivity index (χ3v) is 2.85. The number of rotatable bonds is 7. The van der Waals surface area contributed by atoms with Gasteiger partial charge >= 0.3 is 6.01 Å². The highest BCUT2D eigenvalue weighted by atomic mass is 16.5. The van der Waals surface area contributed by atoms with Crippen LogP contribution >= 0.6 is 0 Å². The van der Waals surface area contributed by atoms with Crippen molar-refractivity contribution in [3.05, 3.63) is 0 Å². The van der Waals surface area contributed by atoms with Crippen LogP contribution in [0.25, 0.3) is 0 Å². The molecule has 0 saturated heterocycles. The van der Waals surface area contributed by atoms with Gasteiger partial charge in [0.2, 0.25) is 11.9 Å². The van der Waals surface area contributed by atoms with E-state index >= 15 is 0 Å². The Morgan fingerprint density at radius 3 is 2.42 bits per heavy atom. The Morgan fingerprint density at radius 1 is 1.21 bits per heavy atom. The predicted molar refractivity (Wildman–Crippen MR) is 77.9 cm³/mol. The second-order valence-corrected chi connectivity index (χ2v) is 4.91. The van der Waals surface area contributed by atoms with Gasteiger partial charge in [-0.3, -0.25) is 0 Å². The highest BCUT2D eigenvalue weighted by Crippen LogP contribution is 2.18. The number of ether oxygens (including phenoxy) is 1. The van der Waals surface area contributed by atoms with Gasteiger partial charge in [0.15, 0.2) is 0 Å². The van der Waals surface area contributed by atoms with Crippen molar-refractivity contribution in [2.24, 2.45) is 0 Å². The number of hydrogen-bond acceptors (Lipinski definition) is 6. The molecule has 1 N–H and O–H groups in total. The summed E-state index contributed by atoms with van der Waals surface area (Å²) in [7, 11) is 3.78. The highest BCUT2D eigenvalue weighted by Gasteiger charge is 2.15. The maximum absolute atomic E-state index is 5.56. The molecule has 0 aliphatic heterocycles. The minimum atomic E-state index is 0.0401. The van der Waals surface area contributed by atoms with Crippen molar-refractivity contribution in [1.82, 2.24) is 15.0 Å². The van der Waals surface area contributed by atoms with Crippen LogP contribution in [0.15, 0.2) is 0 Å². The molecule has 108 valence electrons. The zero-order valence-electron chi connectivity index (χ0n) is 12.8. The Labute approximate surface area is 115 Å². The molecule has 0 fully saturated rings. The molecule has 1 aromatic rings. The molecule has 0 aliphatic carbocycles. The minimum absolute atomic E-state index is 0.0401. The topological polar surface area (TPSA) is 63.2 Å². The van der Waals surface area contributed by atoms with Gasteiger partial charge in [0.25, 0.3) is 0 Å². The van der Waals surface area contributed by atoms with Gasteiger partial charge in [-0.2, -0.15) is 15.0 Å². The molecule has 0 saturated carbocycles. The molecule has 6 heteroatoms. The van der Waals surface area contributed by atoms with Crippen LogP contribution in [-0.4, -0.2) is 41.2 Å². The second-order valence-electron chi connectivity index (χ2n) is 4.91. The first kappa shape index (κ1) is 15.5. The Morgan fingerprint density at radius 2 is 1.89 bits per heavy atom. The number of hydrogen-bond donors (Lipinski definition) is 1. The molecule has 0 spiro atoms. The minimum Gasteiger partial charge on any atom is -0.461 e. The van der Waals surface area contributed by atoms with Gasteiger partial charge in [0.1, 0.15) is 0 Å².